The minimum atomic E-state index is -3.61. The average molecular weight is 432 g/mol. The maximum Gasteiger partial charge on any atom is 0.235 e. The lowest BCUT2D eigenvalue weighted by atomic mass is 10.2. The van der Waals surface area contributed by atoms with E-state index in [0.29, 0.717) is 21.5 Å². The van der Waals surface area contributed by atoms with Gasteiger partial charge in [-0.15, -0.1) is 0 Å². The molecule has 0 heterocycles. The lowest BCUT2D eigenvalue weighted by Crippen LogP contribution is -2.32. The maximum absolute atomic E-state index is 14.0. The molecule has 136 valence electrons. The number of methoxy groups -OCH3 is 2. The highest BCUT2D eigenvalue weighted by Gasteiger charge is 2.24. The molecule has 0 bridgehead atoms. The molecule has 0 aliphatic heterocycles. The molecule has 0 unspecified atom stereocenters. The highest BCUT2D eigenvalue weighted by atomic mass is 79.9. The molecule has 0 saturated carbocycles. The number of ether oxygens (including phenoxy) is 2. The zero-order valence-corrected chi connectivity index (χ0v) is 16.5. The van der Waals surface area contributed by atoms with Crippen molar-refractivity contribution in [3.63, 3.8) is 0 Å². The Balaban J connectivity index is 2.52. The third kappa shape index (κ3) is 4.43. The summed E-state index contributed by atoms with van der Waals surface area (Å²) < 4.78 is 51.3. The standard InChI is InChI=1S/C17H19BrFNO4S/c1-4-25(21,22)20(15-10-13(18)6-8-17(15)24-3)11-12-5-7-16(23-2)14(19)9-12/h5-10H,4,11H2,1-3H3. The lowest BCUT2D eigenvalue weighted by Gasteiger charge is -2.26. The molecular formula is C17H19BrFNO4S. The van der Waals surface area contributed by atoms with Crippen molar-refractivity contribution in [2.45, 2.75) is 13.5 Å². The van der Waals surface area contributed by atoms with E-state index >= 15 is 0 Å². The van der Waals surface area contributed by atoms with Crippen LogP contribution in [-0.4, -0.2) is 28.4 Å². The molecule has 0 atom stereocenters. The summed E-state index contributed by atoms with van der Waals surface area (Å²) in [4.78, 5) is 0. The van der Waals surface area contributed by atoms with Gasteiger partial charge in [0, 0.05) is 4.47 Å². The minimum absolute atomic E-state index is 0.0239. The summed E-state index contributed by atoms with van der Waals surface area (Å²) in [5.41, 5.74) is 0.882. The Kier molecular flexibility index (Phi) is 6.29. The molecule has 2 aromatic carbocycles. The molecule has 5 nitrogen and oxygen atoms in total. The van der Waals surface area contributed by atoms with Gasteiger partial charge in [-0.1, -0.05) is 22.0 Å². The van der Waals surface area contributed by atoms with E-state index in [2.05, 4.69) is 15.9 Å². The smallest absolute Gasteiger partial charge is 0.235 e. The van der Waals surface area contributed by atoms with Gasteiger partial charge in [0.2, 0.25) is 10.0 Å². The number of sulfonamides is 1. The third-order valence-electron chi connectivity index (χ3n) is 3.65. The van der Waals surface area contributed by atoms with Crippen LogP contribution in [0.15, 0.2) is 40.9 Å². The van der Waals surface area contributed by atoms with E-state index in [1.54, 1.807) is 31.2 Å². The second-order valence-corrected chi connectivity index (χ2v) is 8.29. The summed E-state index contributed by atoms with van der Waals surface area (Å²) >= 11 is 3.34. The normalized spacial score (nSPS) is 11.2. The van der Waals surface area contributed by atoms with E-state index in [-0.39, 0.29) is 18.0 Å². The number of halogens is 2. The molecule has 0 spiro atoms. The zero-order chi connectivity index (χ0) is 18.6. The first kappa shape index (κ1) is 19.5. The number of hydrogen-bond donors (Lipinski definition) is 0. The molecule has 25 heavy (non-hydrogen) atoms. The van der Waals surface area contributed by atoms with Crippen molar-refractivity contribution in [2.75, 3.05) is 24.3 Å². The molecular weight excluding hydrogens is 413 g/mol. The third-order valence-corrected chi connectivity index (χ3v) is 5.87. The molecule has 2 rings (SSSR count). The van der Waals surface area contributed by atoms with Gasteiger partial charge in [0.1, 0.15) is 5.75 Å². The Bertz CT molecular complexity index is 858. The summed E-state index contributed by atoms with van der Waals surface area (Å²) in [5, 5.41) is 0. The highest BCUT2D eigenvalue weighted by molar-refractivity contribution is 9.10. The quantitative estimate of drug-likeness (QED) is 0.665. The van der Waals surface area contributed by atoms with Gasteiger partial charge in [-0.25, -0.2) is 12.8 Å². The maximum atomic E-state index is 14.0. The summed E-state index contributed by atoms with van der Waals surface area (Å²) in [5.74, 6) is -0.126. The van der Waals surface area contributed by atoms with Crippen LogP contribution in [0.2, 0.25) is 0 Å². The van der Waals surface area contributed by atoms with Crippen molar-refractivity contribution in [3.8, 4) is 11.5 Å². The van der Waals surface area contributed by atoms with Crippen LogP contribution in [0.3, 0.4) is 0 Å². The predicted molar refractivity (Wildman–Crippen MR) is 99.3 cm³/mol. The summed E-state index contributed by atoms with van der Waals surface area (Å²) in [6, 6.07) is 9.45. The van der Waals surface area contributed by atoms with E-state index in [9.17, 15) is 12.8 Å². The number of benzene rings is 2. The van der Waals surface area contributed by atoms with E-state index < -0.39 is 15.8 Å². The molecule has 0 aromatic heterocycles. The van der Waals surface area contributed by atoms with Gasteiger partial charge in [0.05, 0.1) is 32.2 Å². The fraction of sp³-hybridized carbons (Fsp3) is 0.294. The monoisotopic (exact) mass is 431 g/mol. The van der Waals surface area contributed by atoms with Gasteiger partial charge in [0.15, 0.2) is 11.6 Å². The van der Waals surface area contributed by atoms with Crippen LogP contribution in [0.5, 0.6) is 11.5 Å². The van der Waals surface area contributed by atoms with Crippen LogP contribution in [0.25, 0.3) is 0 Å². The van der Waals surface area contributed by atoms with Crippen molar-refractivity contribution >= 4 is 31.6 Å². The number of anilines is 1. The predicted octanol–water partition coefficient (Wildman–Crippen LogP) is 3.96. The Labute approximate surface area is 155 Å². The fourth-order valence-corrected chi connectivity index (χ4v) is 3.77. The topological polar surface area (TPSA) is 55.8 Å². The zero-order valence-electron chi connectivity index (χ0n) is 14.1. The van der Waals surface area contributed by atoms with Crippen molar-refractivity contribution in [1.82, 2.24) is 0 Å². The molecule has 0 N–H and O–H groups in total. The fourth-order valence-electron chi connectivity index (χ4n) is 2.32. The largest absolute Gasteiger partial charge is 0.495 e. The van der Waals surface area contributed by atoms with E-state index in [1.165, 1.54) is 30.7 Å². The number of hydrogen-bond acceptors (Lipinski definition) is 4. The minimum Gasteiger partial charge on any atom is -0.495 e. The van der Waals surface area contributed by atoms with Crippen molar-refractivity contribution < 1.29 is 22.3 Å². The lowest BCUT2D eigenvalue weighted by molar-refractivity contribution is 0.386. The van der Waals surface area contributed by atoms with Crippen LogP contribution in [0, 0.1) is 5.82 Å². The van der Waals surface area contributed by atoms with Crippen molar-refractivity contribution in [3.05, 3.63) is 52.3 Å². The second-order valence-electron chi connectivity index (χ2n) is 5.19. The highest BCUT2D eigenvalue weighted by Crippen LogP contribution is 2.34. The molecule has 0 amide bonds. The van der Waals surface area contributed by atoms with Crippen molar-refractivity contribution in [1.29, 1.82) is 0 Å². The first-order valence-electron chi connectivity index (χ1n) is 7.48. The van der Waals surface area contributed by atoms with Crippen LogP contribution in [0.1, 0.15) is 12.5 Å². The van der Waals surface area contributed by atoms with E-state index in [1.807, 2.05) is 0 Å². The summed E-state index contributed by atoms with van der Waals surface area (Å²) in [6.07, 6.45) is 0. The average Bonchev–Trinajstić information content (AvgIpc) is 2.59. The van der Waals surface area contributed by atoms with Crippen LogP contribution >= 0.6 is 15.9 Å². The van der Waals surface area contributed by atoms with Gasteiger partial charge in [-0.3, -0.25) is 4.31 Å². The van der Waals surface area contributed by atoms with Gasteiger partial charge in [-0.05, 0) is 42.8 Å². The van der Waals surface area contributed by atoms with Gasteiger partial charge in [0.25, 0.3) is 0 Å². The van der Waals surface area contributed by atoms with Crippen LogP contribution in [-0.2, 0) is 16.6 Å². The number of nitrogens with zero attached hydrogens (tertiary/aromatic N) is 1. The second kappa shape index (κ2) is 8.05. The molecule has 0 aliphatic carbocycles. The van der Waals surface area contributed by atoms with Gasteiger partial charge >= 0.3 is 0 Å². The van der Waals surface area contributed by atoms with E-state index in [0.717, 1.165) is 0 Å². The van der Waals surface area contributed by atoms with Gasteiger partial charge < -0.3 is 9.47 Å². The Morgan fingerprint density at radius 1 is 1.08 bits per heavy atom. The number of rotatable bonds is 7. The first-order valence-corrected chi connectivity index (χ1v) is 9.89. The van der Waals surface area contributed by atoms with E-state index in [4.69, 9.17) is 9.47 Å². The molecule has 0 radical (unpaired) electrons. The Hall–Kier alpha value is -1.80. The SMILES string of the molecule is CCS(=O)(=O)N(Cc1ccc(OC)c(F)c1)c1cc(Br)ccc1OC. The Morgan fingerprint density at radius 2 is 1.72 bits per heavy atom. The molecule has 8 heteroatoms. The van der Waals surface area contributed by atoms with Crippen LogP contribution < -0.4 is 13.8 Å². The molecule has 0 aliphatic rings. The molecule has 2 aromatic rings. The summed E-state index contributed by atoms with van der Waals surface area (Å²) in [7, 11) is -0.769. The Morgan fingerprint density at radius 3 is 2.28 bits per heavy atom. The van der Waals surface area contributed by atoms with Gasteiger partial charge in [-0.2, -0.15) is 0 Å². The van der Waals surface area contributed by atoms with Crippen LogP contribution in [0.4, 0.5) is 10.1 Å². The first-order chi connectivity index (χ1) is 11.8. The molecule has 0 saturated heterocycles. The molecule has 0 fully saturated rings. The summed E-state index contributed by atoms with van der Waals surface area (Å²) in [6.45, 7) is 1.53. The van der Waals surface area contributed by atoms with Crippen molar-refractivity contribution in [2.24, 2.45) is 0 Å².